The van der Waals surface area contributed by atoms with Crippen molar-refractivity contribution in [3.8, 4) is 0 Å². The topological polar surface area (TPSA) is 40.5 Å². The van der Waals surface area contributed by atoms with E-state index in [2.05, 4.69) is 27.8 Å². The molecule has 0 bridgehead atoms. The van der Waals surface area contributed by atoms with E-state index in [1.807, 2.05) is 6.07 Å². The molecule has 2 rings (SSSR count). The molecular formula is C16H22BrNO2. The summed E-state index contributed by atoms with van der Waals surface area (Å²) in [5.41, 5.74) is 1.51. The van der Waals surface area contributed by atoms with Crippen LogP contribution >= 0.6 is 15.9 Å². The molecule has 1 aliphatic heterocycles. The van der Waals surface area contributed by atoms with Crippen LogP contribution < -0.4 is 0 Å². The quantitative estimate of drug-likeness (QED) is 0.895. The molecule has 0 radical (unpaired) electrons. The van der Waals surface area contributed by atoms with Crippen molar-refractivity contribution in [1.29, 1.82) is 0 Å². The Hall–Kier alpha value is -0.870. The van der Waals surface area contributed by atoms with Crippen LogP contribution in [0.15, 0.2) is 22.7 Å². The monoisotopic (exact) mass is 339 g/mol. The molecule has 0 amide bonds. The number of aromatic carboxylic acids is 1. The van der Waals surface area contributed by atoms with Gasteiger partial charge in [-0.15, -0.1) is 0 Å². The molecule has 1 N–H and O–H groups in total. The van der Waals surface area contributed by atoms with Gasteiger partial charge in [-0.2, -0.15) is 0 Å². The first-order chi connectivity index (χ1) is 9.60. The molecule has 0 spiro atoms. The average molecular weight is 340 g/mol. The first-order valence-corrected chi connectivity index (χ1v) is 8.13. The van der Waals surface area contributed by atoms with E-state index in [0.717, 1.165) is 30.0 Å². The highest BCUT2D eigenvalue weighted by molar-refractivity contribution is 9.10. The smallest absolute Gasteiger partial charge is 0.335 e. The van der Waals surface area contributed by atoms with Crippen molar-refractivity contribution in [2.45, 2.75) is 39.2 Å². The maximum absolute atomic E-state index is 10.9. The third kappa shape index (κ3) is 4.06. The number of hydrogen-bond acceptors (Lipinski definition) is 2. The molecule has 1 fully saturated rings. The number of carbonyl (C=O) groups is 1. The van der Waals surface area contributed by atoms with E-state index in [1.165, 1.54) is 31.2 Å². The van der Waals surface area contributed by atoms with E-state index >= 15 is 0 Å². The maximum Gasteiger partial charge on any atom is 0.335 e. The molecule has 1 aromatic carbocycles. The van der Waals surface area contributed by atoms with Crippen LogP contribution in [-0.4, -0.2) is 29.1 Å². The summed E-state index contributed by atoms with van der Waals surface area (Å²) in [5.74, 6) is -0.00404. The van der Waals surface area contributed by atoms with Gasteiger partial charge in [-0.1, -0.05) is 35.3 Å². The summed E-state index contributed by atoms with van der Waals surface area (Å²) in [7, 11) is 0. The van der Waals surface area contributed by atoms with Gasteiger partial charge in [-0.25, -0.2) is 4.79 Å². The first-order valence-electron chi connectivity index (χ1n) is 7.34. The number of rotatable bonds is 4. The SMILES string of the molecule is CCC1CCCN(Cc2ccc(C(=O)O)cc2Br)CC1. The zero-order valence-electron chi connectivity index (χ0n) is 11.9. The van der Waals surface area contributed by atoms with Gasteiger partial charge in [0, 0.05) is 11.0 Å². The molecule has 0 aromatic heterocycles. The Morgan fingerprint density at radius 3 is 2.85 bits per heavy atom. The fourth-order valence-electron chi connectivity index (χ4n) is 2.84. The number of likely N-dealkylation sites (tertiary alicyclic amines) is 1. The van der Waals surface area contributed by atoms with Crippen LogP contribution in [0.2, 0.25) is 0 Å². The van der Waals surface area contributed by atoms with Gasteiger partial charge in [0.1, 0.15) is 0 Å². The molecule has 110 valence electrons. The Bertz CT molecular complexity index is 476. The van der Waals surface area contributed by atoms with Crippen LogP contribution in [0.3, 0.4) is 0 Å². The highest BCUT2D eigenvalue weighted by Crippen LogP contribution is 2.24. The lowest BCUT2D eigenvalue weighted by molar-refractivity contribution is 0.0697. The zero-order chi connectivity index (χ0) is 14.5. The molecule has 0 saturated carbocycles. The minimum Gasteiger partial charge on any atom is -0.478 e. The van der Waals surface area contributed by atoms with Crippen molar-refractivity contribution in [3.63, 3.8) is 0 Å². The summed E-state index contributed by atoms with van der Waals surface area (Å²) in [6, 6.07) is 5.31. The van der Waals surface area contributed by atoms with E-state index in [1.54, 1.807) is 12.1 Å². The van der Waals surface area contributed by atoms with Crippen molar-refractivity contribution < 1.29 is 9.90 Å². The predicted octanol–water partition coefficient (Wildman–Crippen LogP) is 4.16. The minimum atomic E-state index is -0.877. The molecule has 3 nitrogen and oxygen atoms in total. The molecule has 20 heavy (non-hydrogen) atoms. The Kier molecular flexibility index (Phi) is 5.61. The van der Waals surface area contributed by atoms with Gasteiger partial charge < -0.3 is 5.11 Å². The van der Waals surface area contributed by atoms with Gasteiger partial charge in [0.15, 0.2) is 0 Å². The van der Waals surface area contributed by atoms with Gasteiger partial charge in [0.05, 0.1) is 5.56 Å². The van der Waals surface area contributed by atoms with E-state index < -0.39 is 5.97 Å². The second kappa shape index (κ2) is 7.23. The molecule has 1 heterocycles. The van der Waals surface area contributed by atoms with Crippen molar-refractivity contribution >= 4 is 21.9 Å². The molecule has 1 aromatic rings. The van der Waals surface area contributed by atoms with Crippen molar-refractivity contribution in [2.75, 3.05) is 13.1 Å². The first kappa shape index (κ1) is 15.5. The number of nitrogens with zero attached hydrogens (tertiary/aromatic N) is 1. The van der Waals surface area contributed by atoms with Crippen molar-refractivity contribution in [3.05, 3.63) is 33.8 Å². The summed E-state index contributed by atoms with van der Waals surface area (Å²) >= 11 is 3.50. The third-order valence-corrected chi connectivity index (χ3v) is 4.95. The van der Waals surface area contributed by atoms with Gasteiger partial charge in [-0.05, 0) is 56.0 Å². The minimum absolute atomic E-state index is 0.336. The van der Waals surface area contributed by atoms with Crippen LogP contribution in [0.4, 0.5) is 0 Å². The van der Waals surface area contributed by atoms with Gasteiger partial charge in [0.2, 0.25) is 0 Å². The fraction of sp³-hybridized carbons (Fsp3) is 0.562. The van der Waals surface area contributed by atoms with Crippen LogP contribution in [0, 0.1) is 5.92 Å². The van der Waals surface area contributed by atoms with Crippen LogP contribution in [0.1, 0.15) is 48.5 Å². The van der Waals surface area contributed by atoms with Gasteiger partial charge in [0.25, 0.3) is 0 Å². The number of benzene rings is 1. The lowest BCUT2D eigenvalue weighted by Crippen LogP contribution is -2.24. The maximum atomic E-state index is 10.9. The third-order valence-electron chi connectivity index (χ3n) is 4.21. The summed E-state index contributed by atoms with van der Waals surface area (Å²) < 4.78 is 0.897. The largest absolute Gasteiger partial charge is 0.478 e. The molecular weight excluding hydrogens is 318 g/mol. The molecule has 1 aliphatic rings. The normalized spacial score (nSPS) is 20.6. The van der Waals surface area contributed by atoms with Crippen LogP contribution in [-0.2, 0) is 6.54 Å². The lowest BCUT2D eigenvalue weighted by atomic mass is 9.98. The number of carboxylic acid groups (broad SMARTS) is 1. The lowest BCUT2D eigenvalue weighted by Gasteiger charge is -2.21. The Morgan fingerprint density at radius 2 is 2.20 bits per heavy atom. The summed E-state index contributed by atoms with van der Waals surface area (Å²) in [6.45, 7) is 5.47. The fourth-order valence-corrected chi connectivity index (χ4v) is 3.34. The second-order valence-corrected chi connectivity index (χ2v) is 6.45. The molecule has 0 aliphatic carbocycles. The summed E-state index contributed by atoms with van der Waals surface area (Å²) in [5, 5.41) is 8.98. The average Bonchev–Trinajstić information content (AvgIpc) is 2.66. The van der Waals surface area contributed by atoms with Crippen molar-refractivity contribution in [2.24, 2.45) is 5.92 Å². The van der Waals surface area contributed by atoms with Crippen molar-refractivity contribution in [1.82, 2.24) is 4.90 Å². The summed E-state index contributed by atoms with van der Waals surface area (Å²) in [6.07, 6.45) is 5.17. The number of hydrogen-bond donors (Lipinski definition) is 1. The standard InChI is InChI=1S/C16H22BrNO2/c1-2-12-4-3-8-18(9-7-12)11-14-6-5-13(16(19)20)10-15(14)17/h5-6,10,12H,2-4,7-9,11H2,1H3,(H,19,20). The highest BCUT2D eigenvalue weighted by atomic mass is 79.9. The predicted molar refractivity (Wildman–Crippen MR) is 84.0 cm³/mol. The van der Waals surface area contributed by atoms with E-state index in [0.29, 0.717) is 5.56 Å². The molecule has 1 atom stereocenters. The molecule has 4 heteroatoms. The van der Waals surface area contributed by atoms with E-state index in [-0.39, 0.29) is 0 Å². The Morgan fingerprint density at radius 1 is 1.40 bits per heavy atom. The van der Waals surface area contributed by atoms with Gasteiger partial charge >= 0.3 is 5.97 Å². The zero-order valence-corrected chi connectivity index (χ0v) is 13.5. The Labute approximate surface area is 129 Å². The second-order valence-electron chi connectivity index (χ2n) is 5.59. The highest BCUT2D eigenvalue weighted by Gasteiger charge is 2.17. The van der Waals surface area contributed by atoms with Gasteiger partial charge in [-0.3, -0.25) is 4.90 Å². The number of halogens is 1. The van der Waals surface area contributed by atoms with E-state index in [4.69, 9.17) is 5.11 Å². The van der Waals surface area contributed by atoms with E-state index in [9.17, 15) is 4.79 Å². The summed E-state index contributed by atoms with van der Waals surface area (Å²) in [4.78, 5) is 13.4. The number of carboxylic acids is 1. The van der Waals surface area contributed by atoms with Crippen LogP contribution in [0.25, 0.3) is 0 Å². The Balaban J connectivity index is 2.01. The molecule has 1 unspecified atom stereocenters. The molecule has 1 saturated heterocycles. The van der Waals surface area contributed by atoms with Crippen LogP contribution in [0.5, 0.6) is 0 Å².